The summed E-state index contributed by atoms with van der Waals surface area (Å²) in [4.78, 5) is 2.35. The zero-order chi connectivity index (χ0) is 40.3. The van der Waals surface area contributed by atoms with Crippen LogP contribution in [0.3, 0.4) is 0 Å². The Bertz CT molecular complexity index is 3580. The highest BCUT2D eigenvalue weighted by Gasteiger charge is 2.16. The quantitative estimate of drug-likeness (QED) is 0.160. The summed E-state index contributed by atoms with van der Waals surface area (Å²) in [5, 5.41) is 7.42. The van der Waals surface area contributed by atoms with Gasteiger partial charge in [0.2, 0.25) is 0 Å². The molecule has 0 bridgehead atoms. The summed E-state index contributed by atoms with van der Waals surface area (Å²) < 4.78 is 8.88. The van der Waals surface area contributed by atoms with Gasteiger partial charge in [-0.05, 0) is 134 Å². The first-order chi connectivity index (χ1) is 30.2. The molecule has 0 amide bonds. The van der Waals surface area contributed by atoms with Gasteiger partial charge in [0, 0.05) is 48.0 Å². The number of fused-ring (bicyclic) bond motifs is 7. The first kappa shape index (κ1) is 35.2. The number of para-hydroxylation sites is 1. The van der Waals surface area contributed by atoms with Crippen molar-refractivity contribution < 1.29 is 4.42 Å². The topological polar surface area (TPSA) is 16.4 Å². The van der Waals surface area contributed by atoms with Gasteiger partial charge in [0.1, 0.15) is 11.2 Å². The Hall–Kier alpha value is -7.72. The molecule has 0 aliphatic rings. The van der Waals surface area contributed by atoms with E-state index >= 15 is 0 Å². The fourth-order valence-corrected chi connectivity index (χ4v) is 10.1. The summed E-state index contributed by atoms with van der Waals surface area (Å²) >= 11 is 1.86. The Kier molecular flexibility index (Phi) is 8.39. The van der Waals surface area contributed by atoms with E-state index in [0.717, 1.165) is 50.1 Å². The lowest BCUT2D eigenvalue weighted by atomic mass is 9.97. The van der Waals surface area contributed by atoms with Gasteiger partial charge < -0.3 is 9.32 Å². The van der Waals surface area contributed by atoms with Gasteiger partial charge in [-0.25, -0.2) is 0 Å². The minimum atomic E-state index is 0.901. The number of thiophene rings is 1. The minimum Gasteiger partial charge on any atom is -0.456 e. The van der Waals surface area contributed by atoms with Crippen LogP contribution in [0.2, 0.25) is 0 Å². The summed E-state index contributed by atoms with van der Waals surface area (Å²) in [6.45, 7) is 0. The van der Waals surface area contributed by atoms with Gasteiger partial charge in [0.25, 0.3) is 0 Å². The van der Waals surface area contributed by atoms with Gasteiger partial charge in [-0.15, -0.1) is 11.3 Å². The number of hydrogen-bond acceptors (Lipinski definition) is 3. The van der Waals surface area contributed by atoms with Crippen molar-refractivity contribution in [3.63, 3.8) is 0 Å². The lowest BCUT2D eigenvalue weighted by Crippen LogP contribution is -2.09. The number of benzene rings is 10. The van der Waals surface area contributed by atoms with Crippen LogP contribution in [0.4, 0.5) is 17.1 Å². The highest BCUT2D eigenvalue weighted by molar-refractivity contribution is 7.25. The summed E-state index contributed by atoms with van der Waals surface area (Å²) in [5.41, 5.74) is 14.6. The highest BCUT2D eigenvalue weighted by Crippen LogP contribution is 2.42. The normalized spacial score (nSPS) is 11.6. The average Bonchev–Trinajstić information content (AvgIpc) is 3.91. The largest absolute Gasteiger partial charge is 0.456 e. The van der Waals surface area contributed by atoms with Crippen LogP contribution >= 0.6 is 11.3 Å². The van der Waals surface area contributed by atoms with E-state index in [-0.39, 0.29) is 0 Å². The van der Waals surface area contributed by atoms with Crippen LogP contribution in [0.1, 0.15) is 0 Å². The van der Waals surface area contributed by atoms with Crippen molar-refractivity contribution in [2.45, 2.75) is 0 Å². The maximum atomic E-state index is 6.25. The fourth-order valence-electron chi connectivity index (χ4n) is 9.01. The van der Waals surface area contributed by atoms with Crippen LogP contribution in [-0.4, -0.2) is 0 Å². The van der Waals surface area contributed by atoms with E-state index in [0.29, 0.717) is 0 Å². The van der Waals surface area contributed by atoms with E-state index in [4.69, 9.17) is 4.42 Å². The van der Waals surface area contributed by atoms with Gasteiger partial charge in [-0.1, -0.05) is 146 Å². The lowest BCUT2D eigenvalue weighted by molar-refractivity contribution is 0.669. The van der Waals surface area contributed by atoms with E-state index in [1.165, 1.54) is 64.3 Å². The van der Waals surface area contributed by atoms with Crippen molar-refractivity contribution in [1.29, 1.82) is 0 Å². The molecule has 0 spiro atoms. The number of nitrogens with zero attached hydrogens (tertiary/aromatic N) is 1. The molecular formula is C58H37NOS. The van der Waals surface area contributed by atoms with E-state index in [1.807, 2.05) is 23.5 Å². The highest BCUT2D eigenvalue weighted by atomic mass is 32.1. The lowest BCUT2D eigenvalue weighted by Gasteiger charge is -2.26. The van der Waals surface area contributed by atoms with Gasteiger partial charge in [-0.2, -0.15) is 0 Å². The van der Waals surface area contributed by atoms with Crippen LogP contribution in [0.25, 0.3) is 97.4 Å². The van der Waals surface area contributed by atoms with Crippen molar-refractivity contribution in [1.82, 2.24) is 0 Å². The second-order valence-electron chi connectivity index (χ2n) is 15.7. The molecule has 0 aliphatic carbocycles. The molecule has 3 heteroatoms. The Morgan fingerprint density at radius 1 is 0.311 bits per heavy atom. The molecule has 0 atom stereocenters. The van der Waals surface area contributed by atoms with Gasteiger partial charge >= 0.3 is 0 Å². The average molecular weight is 796 g/mol. The van der Waals surface area contributed by atoms with E-state index in [9.17, 15) is 0 Å². The molecule has 2 heterocycles. The molecule has 12 aromatic rings. The molecule has 286 valence electrons. The van der Waals surface area contributed by atoms with E-state index in [1.54, 1.807) is 0 Å². The van der Waals surface area contributed by atoms with Crippen molar-refractivity contribution in [3.8, 4) is 44.5 Å². The van der Waals surface area contributed by atoms with Crippen molar-refractivity contribution in [2.75, 3.05) is 4.90 Å². The van der Waals surface area contributed by atoms with Gasteiger partial charge in [0.15, 0.2) is 0 Å². The SMILES string of the molecule is c1cc(-c2ccc(N(c3ccc(-c4ccc5c(c4)oc4ccccc45)cc3)c3ccc(-c4cccc5sc6ccccc6c45)cc3)cc2)cc(-c2ccc3ccccc3c2)c1. The molecule has 2 nitrogen and oxygen atoms in total. The molecule has 2 aromatic heterocycles. The molecule has 0 aliphatic heterocycles. The molecule has 61 heavy (non-hydrogen) atoms. The molecule has 0 saturated carbocycles. The zero-order valence-corrected chi connectivity index (χ0v) is 33.9. The smallest absolute Gasteiger partial charge is 0.136 e. The summed E-state index contributed by atoms with van der Waals surface area (Å²) in [6, 6.07) is 81.2. The van der Waals surface area contributed by atoms with E-state index < -0.39 is 0 Å². The number of anilines is 3. The first-order valence-corrected chi connectivity index (χ1v) is 21.5. The van der Waals surface area contributed by atoms with Crippen molar-refractivity contribution in [3.05, 3.63) is 224 Å². The number of furan rings is 1. The number of rotatable bonds is 7. The Balaban J connectivity index is 0.914. The monoisotopic (exact) mass is 795 g/mol. The van der Waals surface area contributed by atoms with E-state index in [2.05, 4.69) is 217 Å². The van der Waals surface area contributed by atoms with Crippen LogP contribution in [0, 0.1) is 0 Å². The Morgan fingerprint density at radius 2 is 0.836 bits per heavy atom. The molecule has 0 radical (unpaired) electrons. The third kappa shape index (κ3) is 6.26. The third-order valence-corrected chi connectivity index (χ3v) is 13.2. The standard InChI is InChI=1S/C58H37NOS/c1-2-10-42-36-45(20-19-38(42)9-1)44-12-7-11-43(35-44)39-21-28-47(29-22-39)59(48-30-23-40(24-31-48)46-27-34-52-51-13-3-5-16-54(51)60-55(52)37-46)49-32-25-41(26-33-49)50-15-8-18-57-58(50)53-14-4-6-17-56(53)61-57/h1-37H. The Morgan fingerprint density at radius 3 is 1.59 bits per heavy atom. The maximum absolute atomic E-state index is 6.25. The van der Waals surface area contributed by atoms with Crippen LogP contribution < -0.4 is 4.90 Å². The predicted octanol–water partition coefficient (Wildman–Crippen LogP) is 17.2. The Labute approximate surface area is 357 Å². The van der Waals surface area contributed by atoms with Crippen LogP contribution in [-0.2, 0) is 0 Å². The van der Waals surface area contributed by atoms with Gasteiger partial charge in [-0.3, -0.25) is 0 Å². The number of hydrogen-bond donors (Lipinski definition) is 0. The summed E-state index contributed by atoms with van der Waals surface area (Å²) in [7, 11) is 0. The second kappa shape index (κ2) is 14.5. The van der Waals surface area contributed by atoms with Crippen molar-refractivity contribution >= 4 is 81.3 Å². The summed E-state index contributed by atoms with van der Waals surface area (Å²) in [5.74, 6) is 0. The maximum Gasteiger partial charge on any atom is 0.136 e. The molecule has 0 N–H and O–H groups in total. The molecule has 0 saturated heterocycles. The fraction of sp³-hybridized carbons (Fsp3) is 0. The second-order valence-corrected chi connectivity index (χ2v) is 16.8. The minimum absolute atomic E-state index is 0.901. The molecule has 0 unspecified atom stereocenters. The van der Waals surface area contributed by atoms with Crippen LogP contribution in [0.5, 0.6) is 0 Å². The molecule has 12 rings (SSSR count). The molecule has 10 aromatic carbocycles. The molecule has 0 fully saturated rings. The predicted molar refractivity (Wildman–Crippen MR) is 261 cm³/mol. The van der Waals surface area contributed by atoms with Crippen molar-refractivity contribution in [2.24, 2.45) is 0 Å². The van der Waals surface area contributed by atoms with Crippen LogP contribution in [0.15, 0.2) is 229 Å². The summed E-state index contributed by atoms with van der Waals surface area (Å²) in [6.07, 6.45) is 0. The first-order valence-electron chi connectivity index (χ1n) is 20.7. The zero-order valence-electron chi connectivity index (χ0n) is 33.1. The van der Waals surface area contributed by atoms with Gasteiger partial charge in [0.05, 0.1) is 0 Å². The molecular weight excluding hydrogens is 759 g/mol. The third-order valence-electron chi connectivity index (χ3n) is 12.1.